The highest BCUT2D eigenvalue weighted by Crippen LogP contribution is 2.30. The van der Waals surface area contributed by atoms with Crippen molar-refractivity contribution in [3.05, 3.63) is 12.2 Å². The van der Waals surface area contributed by atoms with Gasteiger partial charge in [-0.05, 0) is 19.3 Å². The molecule has 1 fully saturated rings. The van der Waals surface area contributed by atoms with Gasteiger partial charge in [0.05, 0.1) is 5.92 Å². The average Bonchev–Trinajstić information content (AvgIpc) is 2.99. The molecule has 7 heteroatoms. The summed E-state index contributed by atoms with van der Waals surface area (Å²) in [5.41, 5.74) is 0. The molecule has 98 valence electrons. The molecule has 1 aliphatic carbocycles. The molecule has 0 saturated heterocycles. The number of carbonyl (C=O) groups is 2. The SMILES string of the molecule is O=C(O)[C@H]1CC[C@@H](C(=O)NCCc2ncon2)C1. The Morgan fingerprint density at radius 2 is 2.22 bits per heavy atom. The Hall–Kier alpha value is -1.92. The molecule has 7 nitrogen and oxygen atoms in total. The van der Waals surface area contributed by atoms with Crippen molar-refractivity contribution in [1.29, 1.82) is 0 Å². The topological polar surface area (TPSA) is 105 Å². The van der Waals surface area contributed by atoms with Crippen LogP contribution in [0.25, 0.3) is 0 Å². The van der Waals surface area contributed by atoms with Gasteiger partial charge in [0, 0.05) is 18.9 Å². The van der Waals surface area contributed by atoms with Crippen LogP contribution in [0.4, 0.5) is 0 Å². The number of hydrogen-bond acceptors (Lipinski definition) is 5. The number of carboxylic acids is 1. The zero-order valence-electron chi connectivity index (χ0n) is 9.83. The number of hydrogen-bond donors (Lipinski definition) is 2. The van der Waals surface area contributed by atoms with Crippen LogP contribution in [0.1, 0.15) is 25.1 Å². The van der Waals surface area contributed by atoms with Gasteiger partial charge in [-0.25, -0.2) is 0 Å². The van der Waals surface area contributed by atoms with Crippen molar-refractivity contribution in [2.45, 2.75) is 25.7 Å². The van der Waals surface area contributed by atoms with Crippen LogP contribution in [-0.2, 0) is 16.0 Å². The van der Waals surface area contributed by atoms with E-state index in [0.29, 0.717) is 38.1 Å². The molecule has 0 aliphatic heterocycles. The minimum absolute atomic E-state index is 0.0813. The van der Waals surface area contributed by atoms with E-state index in [1.165, 1.54) is 6.39 Å². The molecule has 1 aliphatic rings. The fraction of sp³-hybridized carbons (Fsp3) is 0.636. The van der Waals surface area contributed by atoms with Crippen LogP contribution >= 0.6 is 0 Å². The minimum atomic E-state index is -0.808. The van der Waals surface area contributed by atoms with E-state index < -0.39 is 5.97 Å². The molecule has 0 spiro atoms. The van der Waals surface area contributed by atoms with Crippen LogP contribution in [-0.4, -0.2) is 33.7 Å². The molecule has 2 rings (SSSR count). The lowest BCUT2D eigenvalue weighted by atomic mass is 10.0. The maximum absolute atomic E-state index is 11.8. The zero-order valence-corrected chi connectivity index (χ0v) is 9.83. The van der Waals surface area contributed by atoms with E-state index in [1.54, 1.807) is 0 Å². The van der Waals surface area contributed by atoms with Crippen LogP contribution in [0.2, 0.25) is 0 Å². The molecule has 18 heavy (non-hydrogen) atoms. The number of aliphatic carboxylic acids is 1. The number of carbonyl (C=O) groups excluding carboxylic acids is 1. The largest absolute Gasteiger partial charge is 0.481 e. The zero-order chi connectivity index (χ0) is 13.0. The average molecular weight is 253 g/mol. The Balaban J connectivity index is 1.71. The number of rotatable bonds is 5. The Labute approximate surface area is 104 Å². The van der Waals surface area contributed by atoms with E-state index in [-0.39, 0.29) is 17.7 Å². The van der Waals surface area contributed by atoms with Gasteiger partial charge in [-0.2, -0.15) is 4.98 Å². The summed E-state index contributed by atoms with van der Waals surface area (Å²) in [5, 5.41) is 15.3. The quantitative estimate of drug-likeness (QED) is 0.778. The van der Waals surface area contributed by atoms with E-state index in [9.17, 15) is 9.59 Å². The second-order valence-corrected chi connectivity index (χ2v) is 4.43. The van der Waals surface area contributed by atoms with Gasteiger partial charge in [0.25, 0.3) is 0 Å². The summed E-state index contributed by atoms with van der Waals surface area (Å²) in [5.74, 6) is -0.904. The van der Waals surface area contributed by atoms with Crippen molar-refractivity contribution in [3.8, 4) is 0 Å². The molecule has 1 heterocycles. The fourth-order valence-corrected chi connectivity index (χ4v) is 2.19. The molecule has 1 aromatic heterocycles. The van der Waals surface area contributed by atoms with E-state index in [1.807, 2.05) is 0 Å². The molecule has 0 radical (unpaired) electrons. The Morgan fingerprint density at radius 3 is 2.83 bits per heavy atom. The first kappa shape index (κ1) is 12.5. The first-order chi connectivity index (χ1) is 8.66. The van der Waals surface area contributed by atoms with Crippen LogP contribution in [0.3, 0.4) is 0 Å². The summed E-state index contributed by atoms with van der Waals surface area (Å²) in [6.45, 7) is 0.437. The Morgan fingerprint density at radius 1 is 1.44 bits per heavy atom. The molecular weight excluding hydrogens is 238 g/mol. The molecule has 0 aromatic carbocycles. The van der Waals surface area contributed by atoms with Crippen LogP contribution in [0.5, 0.6) is 0 Å². The van der Waals surface area contributed by atoms with Gasteiger partial charge < -0.3 is 14.9 Å². The van der Waals surface area contributed by atoms with Crippen molar-refractivity contribution < 1.29 is 19.2 Å². The number of nitrogens with one attached hydrogen (secondary N) is 1. The predicted molar refractivity (Wildman–Crippen MR) is 59.5 cm³/mol. The highest BCUT2D eigenvalue weighted by atomic mass is 16.5. The standard InChI is InChI=1S/C11H15N3O4/c15-10(7-1-2-8(5-7)11(16)17)12-4-3-9-13-6-18-14-9/h6-8H,1-5H2,(H,12,15)(H,16,17)/t7-,8+/m1/s1. The molecule has 0 unspecified atom stereocenters. The number of carboxylic acid groups (broad SMARTS) is 1. The first-order valence-corrected chi connectivity index (χ1v) is 5.92. The monoisotopic (exact) mass is 253 g/mol. The maximum atomic E-state index is 11.8. The summed E-state index contributed by atoms with van der Waals surface area (Å²) in [4.78, 5) is 26.4. The second kappa shape index (κ2) is 5.61. The molecule has 1 aromatic rings. The van der Waals surface area contributed by atoms with Crippen molar-refractivity contribution >= 4 is 11.9 Å². The fourth-order valence-electron chi connectivity index (χ4n) is 2.19. The third kappa shape index (κ3) is 3.06. The lowest BCUT2D eigenvalue weighted by Gasteiger charge is -2.09. The summed E-state index contributed by atoms with van der Waals surface area (Å²) in [7, 11) is 0. The number of amides is 1. The Kier molecular flexibility index (Phi) is 3.91. The van der Waals surface area contributed by atoms with Crippen LogP contribution < -0.4 is 5.32 Å². The van der Waals surface area contributed by atoms with E-state index >= 15 is 0 Å². The molecule has 2 atom stereocenters. The summed E-state index contributed by atoms with van der Waals surface area (Å²) < 4.78 is 4.57. The van der Waals surface area contributed by atoms with Gasteiger partial charge in [-0.15, -0.1) is 0 Å². The van der Waals surface area contributed by atoms with Crippen molar-refractivity contribution in [1.82, 2.24) is 15.5 Å². The smallest absolute Gasteiger partial charge is 0.306 e. The van der Waals surface area contributed by atoms with E-state index in [4.69, 9.17) is 5.11 Å². The van der Waals surface area contributed by atoms with Gasteiger partial charge in [-0.1, -0.05) is 5.16 Å². The van der Waals surface area contributed by atoms with Crippen molar-refractivity contribution in [2.75, 3.05) is 6.54 Å². The first-order valence-electron chi connectivity index (χ1n) is 5.92. The van der Waals surface area contributed by atoms with Crippen molar-refractivity contribution in [3.63, 3.8) is 0 Å². The number of aromatic nitrogens is 2. The van der Waals surface area contributed by atoms with Gasteiger partial charge in [0.15, 0.2) is 5.82 Å². The highest BCUT2D eigenvalue weighted by molar-refractivity contribution is 5.80. The number of nitrogens with zero attached hydrogens (tertiary/aromatic N) is 2. The van der Waals surface area contributed by atoms with E-state index in [2.05, 4.69) is 20.0 Å². The minimum Gasteiger partial charge on any atom is -0.481 e. The summed E-state index contributed by atoms with van der Waals surface area (Å²) in [6, 6.07) is 0. The van der Waals surface area contributed by atoms with Crippen molar-refractivity contribution in [2.24, 2.45) is 11.8 Å². The van der Waals surface area contributed by atoms with E-state index in [0.717, 1.165) is 0 Å². The highest BCUT2D eigenvalue weighted by Gasteiger charge is 2.33. The summed E-state index contributed by atoms with van der Waals surface area (Å²) >= 11 is 0. The third-order valence-corrected chi connectivity index (χ3v) is 3.21. The molecular formula is C11H15N3O4. The van der Waals surface area contributed by atoms with Crippen LogP contribution in [0, 0.1) is 11.8 Å². The van der Waals surface area contributed by atoms with Gasteiger partial charge in [0.1, 0.15) is 0 Å². The van der Waals surface area contributed by atoms with Crippen LogP contribution in [0.15, 0.2) is 10.9 Å². The molecule has 0 bridgehead atoms. The Bertz CT molecular complexity index is 418. The predicted octanol–water partition coefficient (Wildman–Crippen LogP) is 0.229. The molecule has 1 amide bonds. The van der Waals surface area contributed by atoms with Gasteiger partial charge in [0.2, 0.25) is 12.3 Å². The van der Waals surface area contributed by atoms with Gasteiger partial charge >= 0.3 is 5.97 Å². The van der Waals surface area contributed by atoms with Gasteiger partial charge in [-0.3, -0.25) is 9.59 Å². The maximum Gasteiger partial charge on any atom is 0.306 e. The lowest BCUT2D eigenvalue weighted by molar-refractivity contribution is -0.141. The second-order valence-electron chi connectivity index (χ2n) is 4.43. The normalized spacial score (nSPS) is 22.9. The molecule has 1 saturated carbocycles. The third-order valence-electron chi connectivity index (χ3n) is 3.21. The molecule has 2 N–H and O–H groups in total. The lowest BCUT2D eigenvalue weighted by Crippen LogP contribution is -2.31. The summed E-state index contributed by atoms with van der Waals surface area (Å²) in [6.07, 6.45) is 3.41.